The number of carbonyl (C=O) groups is 1. The van der Waals surface area contributed by atoms with Gasteiger partial charge in [-0.1, -0.05) is 0 Å². The maximum atomic E-state index is 11.8. The summed E-state index contributed by atoms with van der Waals surface area (Å²) in [6.07, 6.45) is 2.91. The van der Waals surface area contributed by atoms with Gasteiger partial charge in [-0.15, -0.1) is 22.9 Å². The van der Waals surface area contributed by atoms with Crippen LogP contribution in [0.2, 0.25) is 0 Å². The molecule has 0 aromatic carbocycles. The zero-order chi connectivity index (χ0) is 13.7. The van der Waals surface area contributed by atoms with Crippen LogP contribution < -0.4 is 5.32 Å². The van der Waals surface area contributed by atoms with Crippen molar-refractivity contribution in [3.05, 3.63) is 16.1 Å². The van der Waals surface area contributed by atoms with Crippen molar-refractivity contribution >= 4 is 28.8 Å². The summed E-state index contributed by atoms with van der Waals surface area (Å²) in [5.74, 6) is 0.450. The molecule has 1 saturated heterocycles. The van der Waals surface area contributed by atoms with Crippen LogP contribution >= 0.6 is 22.9 Å². The molecule has 1 amide bonds. The first-order valence-electron chi connectivity index (χ1n) is 6.69. The van der Waals surface area contributed by atoms with E-state index in [0.29, 0.717) is 24.9 Å². The van der Waals surface area contributed by atoms with E-state index in [1.165, 1.54) is 24.2 Å². The molecular formula is C13H20ClN3OS. The minimum absolute atomic E-state index is 0.0431. The van der Waals surface area contributed by atoms with Gasteiger partial charge in [-0.2, -0.15) is 0 Å². The monoisotopic (exact) mass is 301 g/mol. The summed E-state index contributed by atoms with van der Waals surface area (Å²) in [5.41, 5.74) is 0.847. The number of nitrogens with zero attached hydrogens (tertiary/aromatic N) is 2. The maximum absolute atomic E-state index is 11.8. The number of halogens is 1. The summed E-state index contributed by atoms with van der Waals surface area (Å²) >= 11 is 7.19. The van der Waals surface area contributed by atoms with Crippen molar-refractivity contribution in [1.82, 2.24) is 15.2 Å². The van der Waals surface area contributed by atoms with E-state index in [1.807, 2.05) is 5.38 Å². The molecule has 19 heavy (non-hydrogen) atoms. The molecule has 1 aromatic heterocycles. The molecule has 0 saturated carbocycles. The highest BCUT2D eigenvalue weighted by atomic mass is 35.5. The molecule has 1 aliphatic rings. The van der Waals surface area contributed by atoms with Crippen molar-refractivity contribution in [1.29, 1.82) is 0 Å². The molecule has 6 heteroatoms. The normalized spacial score (nSPS) is 17.6. The Morgan fingerprint density at radius 2 is 2.32 bits per heavy atom. The lowest BCUT2D eigenvalue weighted by molar-refractivity contribution is -0.120. The van der Waals surface area contributed by atoms with Gasteiger partial charge in [0, 0.05) is 18.0 Å². The van der Waals surface area contributed by atoms with Gasteiger partial charge in [0.1, 0.15) is 5.01 Å². The third-order valence-corrected chi connectivity index (χ3v) is 4.58. The first kappa shape index (κ1) is 14.8. The summed E-state index contributed by atoms with van der Waals surface area (Å²) in [6.45, 7) is 5.19. The van der Waals surface area contributed by atoms with Crippen LogP contribution in [0.5, 0.6) is 0 Å². The minimum atomic E-state index is 0.0431. The van der Waals surface area contributed by atoms with Gasteiger partial charge in [-0.05, 0) is 32.9 Å². The molecule has 4 nitrogen and oxygen atoms in total. The van der Waals surface area contributed by atoms with E-state index in [0.717, 1.165) is 23.8 Å². The molecule has 1 unspecified atom stereocenters. The minimum Gasteiger partial charge on any atom is -0.354 e. The molecule has 1 N–H and O–H groups in total. The second kappa shape index (κ2) is 7.22. The van der Waals surface area contributed by atoms with Crippen LogP contribution in [0.4, 0.5) is 0 Å². The zero-order valence-corrected chi connectivity index (χ0v) is 12.8. The van der Waals surface area contributed by atoms with Crippen LogP contribution in [0.3, 0.4) is 0 Å². The first-order valence-corrected chi connectivity index (χ1v) is 8.10. The van der Waals surface area contributed by atoms with E-state index in [1.54, 1.807) is 0 Å². The van der Waals surface area contributed by atoms with Crippen molar-refractivity contribution in [2.45, 2.75) is 38.1 Å². The third kappa shape index (κ3) is 4.44. The predicted molar refractivity (Wildman–Crippen MR) is 78.7 cm³/mol. The molecule has 0 spiro atoms. The molecule has 1 aromatic rings. The lowest BCUT2D eigenvalue weighted by Gasteiger charge is -2.23. The summed E-state index contributed by atoms with van der Waals surface area (Å²) in [7, 11) is 0. The first-order chi connectivity index (χ1) is 9.19. The van der Waals surface area contributed by atoms with Gasteiger partial charge in [0.15, 0.2) is 0 Å². The molecule has 0 radical (unpaired) electrons. The quantitative estimate of drug-likeness (QED) is 0.818. The second-order valence-corrected chi connectivity index (χ2v) is 6.15. The topological polar surface area (TPSA) is 45.2 Å². The van der Waals surface area contributed by atoms with Gasteiger partial charge >= 0.3 is 0 Å². The number of carbonyl (C=O) groups excluding carboxylic acids is 1. The molecule has 1 atom stereocenters. The molecular weight excluding hydrogens is 282 g/mol. The molecule has 106 valence electrons. The summed E-state index contributed by atoms with van der Waals surface area (Å²) < 4.78 is 0. The fraction of sp³-hybridized carbons (Fsp3) is 0.692. The maximum Gasteiger partial charge on any atom is 0.226 e. The molecule has 2 heterocycles. The SMILES string of the molecule is CC(CNC(=O)Cc1nc(CCl)cs1)N1CCCC1. The Hall–Kier alpha value is -0.650. The van der Waals surface area contributed by atoms with Gasteiger partial charge in [0.05, 0.1) is 18.0 Å². The van der Waals surface area contributed by atoms with Crippen molar-refractivity contribution in [3.8, 4) is 0 Å². The average Bonchev–Trinajstić information content (AvgIpc) is 3.06. The molecule has 1 fully saturated rings. The fourth-order valence-electron chi connectivity index (χ4n) is 2.26. The number of nitrogens with one attached hydrogen (secondary N) is 1. The highest BCUT2D eigenvalue weighted by molar-refractivity contribution is 7.09. The van der Waals surface area contributed by atoms with Crippen LogP contribution in [0.15, 0.2) is 5.38 Å². The van der Waals surface area contributed by atoms with Gasteiger partial charge in [0.25, 0.3) is 0 Å². The van der Waals surface area contributed by atoms with Crippen LogP contribution in [0.1, 0.15) is 30.5 Å². The van der Waals surface area contributed by atoms with E-state index >= 15 is 0 Å². The summed E-state index contributed by atoms with van der Waals surface area (Å²) in [6, 6.07) is 0.418. The van der Waals surface area contributed by atoms with Crippen LogP contribution in [0.25, 0.3) is 0 Å². The molecule has 1 aliphatic heterocycles. The number of alkyl halides is 1. The van der Waals surface area contributed by atoms with Crippen LogP contribution in [-0.4, -0.2) is 41.5 Å². The molecule has 0 bridgehead atoms. The molecule has 2 rings (SSSR count). The van der Waals surface area contributed by atoms with Crippen LogP contribution in [0, 0.1) is 0 Å². The Balaban J connectivity index is 1.71. The van der Waals surface area contributed by atoms with E-state index in [2.05, 4.69) is 22.1 Å². The number of thiazole rings is 1. The van der Waals surface area contributed by atoms with Crippen molar-refractivity contribution in [3.63, 3.8) is 0 Å². The lowest BCUT2D eigenvalue weighted by atomic mass is 10.3. The van der Waals surface area contributed by atoms with Gasteiger partial charge in [-0.3, -0.25) is 9.69 Å². The number of hydrogen-bond acceptors (Lipinski definition) is 4. The third-order valence-electron chi connectivity index (χ3n) is 3.41. The van der Waals surface area contributed by atoms with E-state index < -0.39 is 0 Å². The average molecular weight is 302 g/mol. The molecule has 0 aliphatic carbocycles. The van der Waals surface area contributed by atoms with E-state index in [9.17, 15) is 4.79 Å². The highest BCUT2D eigenvalue weighted by Gasteiger charge is 2.18. The fourth-order valence-corrected chi connectivity index (χ4v) is 3.29. The van der Waals surface area contributed by atoms with Gasteiger partial charge < -0.3 is 5.32 Å². The van der Waals surface area contributed by atoms with Crippen molar-refractivity contribution < 1.29 is 4.79 Å². The number of rotatable bonds is 6. The largest absolute Gasteiger partial charge is 0.354 e. The second-order valence-electron chi connectivity index (χ2n) is 4.94. The van der Waals surface area contributed by atoms with Crippen molar-refractivity contribution in [2.24, 2.45) is 0 Å². The predicted octanol–water partition coefficient (Wildman–Crippen LogP) is 2.02. The Labute approximate surface area is 123 Å². The van der Waals surface area contributed by atoms with Crippen LogP contribution in [-0.2, 0) is 17.1 Å². The summed E-state index contributed by atoms with van der Waals surface area (Å²) in [5, 5.41) is 5.73. The number of aromatic nitrogens is 1. The summed E-state index contributed by atoms with van der Waals surface area (Å²) in [4.78, 5) is 18.5. The number of likely N-dealkylation sites (tertiary alicyclic amines) is 1. The van der Waals surface area contributed by atoms with Gasteiger partial charge in [0.2, 0.25) is 5.91 Å². The van der Waals surface area contributed by atoms with Crippen molar-refractivity contribution in [2.75, 3.05) is 19.6 Å². The van der Waals surface area contributed by atoms with E-state index in [-0.39, 0.29) is 5.91 Å². The standard InChI is InChI=1S/C13H20ClN3OS/c1-10(17-4-2-3-5-17)8-15-12(18)6-13-16-11(7-14)9-19-13/h9-10H,2-8H2,1H3,(H,15,18). The van der Waals surface area contributed by atoms with Gasteiger partial charge in [-0.25, -0.2) is 4.98 Å². The highest BCUT2D eigenvalue weighted by Crippen LogP contribution is 2.13. The Bertz CT molecular complexity index is 418. The number of hydrogen-bond donors (Lipinski definition) is 1. The Morgan fingerprint density at radius 1 is 1.58 bits per heavy atom. The van der Waals surface area contributed by atoms with E-state index in [4.69, 9.17) is 11.6 Å². The smallest absolute Gasteiger partial charge is 0.226 e. The number of amides is 1. The Kier molecular flexibility index (Phi) is 5.60. The lowest BCUT2D eigenvalue weighted by Crippen LogP contribution is -2.41. The zero-order valence-electron chi connectivity index (χ0n) is 11.2. The Morgan fingerprint density at radius 3 is 2.95 bits per heavy atom.